The van der Waals surface area contributed by atoms with Crippen molar-refractivity contribution in [2.75, 3.05) is 44.2 Å². The van der Waals surface area contributed by atoms with Crippen molar-refractivity contribution in [2.24, 2.45) is 0 Å². The molecule has 3 rings (SSSR count). The van der Waals surface area contributed by atoms with Crippen molar-refractivity contribution in [3.05, 3.63) is 41.1 Å². The minimum Gasteiger partial charge on any atom is -0.466 e. The molecule has 0 aliphatic carbocycles. The Morgan fingerprint density at radius 2 is 1.81 bits per heavy atom. The number of hydrogen-bond donors (Lipinski definition) is 1. The summed E-state index contributed by atoms with van der Waals surface area (Å²) >= 11 is 0. The molecule has 0 radical (unpaired) electrons. The van der Waals surface area contributed by atoms with Crippen LogP contribution in [-0.2, 0) is 0 Å². The van der Waals surface area contributed by atoms with Gasteiger partial charge in [0.25, 0.3) is 5.91 Å². The predicted octanol–water partition coefficient (Wildman–Crippen LogP) is 1.94. The maximum atomic E-state index is 12.3. The van der Waals surface area contributed by atoms with Crippen LogP contribution in [0.25, 0.3) is 0 Å². The lowest BCUT2D eigenvalue weighted by Gasteiger charge is -2.34. The van der Waals surface area contributed by atoms with Gasteiger partial charge in [0.1, 0.15) is 11.5 Å². The lowest BCUT2D eigenvalue weighted by atomic mass is 10.1. The van der Waals surface area contributed by atoms with Crippen LogP contribution in [0, 0.1) is 20.8 Å². The molecular weight excluding hydrogens is 330 g/mol. The van der Waals surface area contributed by atoms with E-state index >= 15 is 0 Å². The Hall–Kier alpha value is -2.41. The van der Waals surface area contributed by atoms with Crippen molar-refractivity contribution in [3.63, 3.8) is 0 Å². The molecule has 1 N–H and O–H groups in total. The van der Waals surface area contributed by atoms with Crippen LogP contribution in [0.1, 0.15) is 33.9 Å². The van der Waals surface area contributed by atoms with E-state index in [-0.39, 0.29) is 5.91 Å². The molecule has 1 fully saturated rings. The number of carbonyl (C=O) groups is 1. The van der Waals surface area contributed by atoms with Crippen molar-refractivity contribution >= 4 is 11.9 Å². The SMILES string of the molecule is Cc1oc(C)c(C(=O)NCCCN2CCN(c3ncccn3)CC2)c1C. The van der Waals surface area contributed by atoms with E-state index in [1.54, 1.807) is 12.4 Å². The molecule has 0 atom stereocenters. The zero-order valence-electron chi connectivity index (χ0n) is 15.8. The summed E-state index contributed by atoms with van der Waals surface area (Å²) in [5.41, 5.74) is 1.61. The summed E-state index contributed by atoms with van der Waals surface area (Å²) < 4.78 is 5.53. The summed E-state index contributed by atoms with van der Waals surface area (Å²) in [5.74, 6) is 2.27. The first-order chi connectivity index (χ1) is 12.6. The quantitative estimate of drug-likeness (QED) is 0.797. The fourth-order valence-corrected chi connectivity index (χ4v) is 3.35. The van der Waals surface area contributed by atoms with Crippen LogP contribution in [0.5, 0.6) is 0 Å². The third-order valence-electron chi connectivity index (χ3n) is 4.93. The van der Waals surface area contributed by atoms with E-state index in [1.165, 1.54) is 0 Å². The highest BCUT2D eigenvalue weighted by Gasteiger charge is 2.20. The van der Waals surface area contributed by atoms with E-state index in [0.29, 0.717) is 17.9 Å². The van der Waals surface area contributed by atoms with Crippen LogP contribution < -0.4 is 10.2 Å². The van der Waals surface area contributed by atoms with Crippen molar-refractivity contribution in [2.45, 2.75) is 27.2 Å². The van der Waals surface area contributed by atoms with E-state index in [9.17, 15) is 4.79 Å². The lowest BCUT2D eigenvalue weighted by Crippen LogP contribution is -2.47. The molecule has 1 saturated heterocycles. The Labute approximate surface area is 154 Å². The maximum absolute atomic E-state index is 12.3. The number of rotatable bonds is 6. The molecular formula is C19H27N5O2. The Morgan fingerprint density at radius 3 is 2.42 bits per heavy atom. The van der Waals surface area contributed by atoms with Crippen LogP contribution >= 0.6 is 0 Å². The van der Waals surface area contributed by atoms with Crippen molar-refractivity contribution in [3.8, 4) is 0 Å². The summed E-state index contributed by atoms with van der Waals surface area (Å²) in [6.45, 7) is 11.2. The van der Waals surface area contributed by atoms with Crippen molar-refractivity contribution in [1.29, 1.82) is 0 Å². The molecule has 7 heteroatoms. The van der Waals surface area contributed by atoms with Gasteiger partial charge in [-0.3, -0.25) is 9.69 Å². The normalized spacial score (nSPS) is 15.3. The second kappa shape index (κ2) is 8.31. The number of anilines is 1. The third kappa shape index (κ3) is 4.22. The van der Waals surface area contributed by atoms with E-state index in [2.05, 4.69) is 25.1 Å². The van der Waals surface area contributed by atoms with Gasteiger partial charge in [-0.15, -0.1) is 0 Å². The monoisotopic (exact) mass is 357 g/mol. The summed E-state index contributed by atoms with van der Waals surface area (Å²) in [7, 11) is 0. The molecule has 26 heavy (non-hydrogen) atoms. The van der Waals surface area contributed by atoms with Crippen LogP contribution in [-0.4, -0.2) is 60.0 Å². The van der Waals surface area contributed by atoms with Gasteiger partial charge in [0, 0.05) is 50.7 Å². The van der Waals surface area contributed by atoms with Gasteiger partial charge in [0.15, 0.2) is 0 Å². The minimum atomic E-state index is -0.0390. The van der Waals surface area contributed by atoms with Gasteiger partial charge in [-0.05, 0) is 39.8 Å². The summed E-state index contributed by atoms with van der Waals surface area (Å²) in [6, 6.07) is 1.84. The molecule has 1 aliphatic heterocycles. The molecule has 0 saturated carbocycles. The van der Waals surface area contributed by atoms with Gasteiger partial charge >= 0.3 is 0 Å². The molecule has 0 unspecified atom stereocenters. The Morgan fingerprint density at radius 1 is 1.12 bits per heavy atom. The Kier molecular flexibility index (Phi) is 5.88. The van der Waals surface area contributed by atoms with E-state index in [1.807, 2.05) is 26.8 Å². The van der Waals surface area contributed by atoms with Crippen LogP contribution in [0.4, 0.5) is 5.95 Å². The zero-order valence-corrected chi connectivity index (χ0v) is 15.8. The number of amides is 1. The average molecular weight is 357 g/mol. The van der Waals surface area contributed by atoms with Gasteiger partial charge in [0.05, 0.1) is 5.56 Å². The van der Waals surface area contributed by atoms with Gasteiger partial charge in [0.2, 0.25) is 5.95 Å². The fraction of sp³-hybridized carbons (Fsp3) is 0.526. The smallest absolute Gasteiger partial charge is 0.255 e. The van der Waals surface area contributed by atoms with Gasteiger partial charge < -0.3 is 14.6 Å². The zero-order chi connectivity index (χ0) is 18.5. The highest BCUT2D eigenvalue weighted by molar-refractivity contribution is 5.96. The highest BCUT2D eigenvalue weighted by atomic mass is 16.3. The van der Waals surface area contributed by atoms with Crippen LogP contribution in [0.15, 0.2) is 22.9 Å². The number of aryl methyl sites for hydroxylation is 2. The van der Waals surface area contributed by atoms with E-state index in [4.69, 9.17) is 4.42 Å². The van der Waals surface area contributed by atoms with Crippen molar-refractivity contribution < 1.29 is 9.21 Å². The Balaban J connectivity index is 1.38. The van der Waals surface area contributed by atoms with Gasteiger partial charge in [-0.2, -0.15) is 0 Å². The van der Waals surface area contributed by atoms with Crippen LogP contribution in [0.3, 0.4) is 0 Å². The van der Waals surface area contributed by atoms with E-state index in [0.717, 1.165) is 56.4 Å². The number of furan rings is 1. The average Bonchev–Trinajstić information content (AvgIpc) is 2.92. The van der Waals surface area contributed by atoms with Gasteiger partial charge in [-0.25, -0.2) is 9.97 Å². The Bertz CT molecular complexity index is 736. The molecule has 2 aromatic rings. The maximum Gasteiger partial charge on any atom is 0.255 e. The second-order valence-corrected chi connectivity index (χ2v) is 6.70. The number of nitrogens with one attached hydrogen (secondary N) is 1. The number of carbonyl (C=O) groups excluding carboxylic acids is 1. The first-order valence-electron chi connectivity index (χ1n) is 9.15. The topological polar surface area (TPSA) is 74.5 Å². The molecule has 2 aromatic heterocycles. The van der Waals surface area contributed by atoms with E-state index < -0.39 is 0 Å². The molecule has 1 amide bonds. The predicted molar refractivity (Wildman–Crippen MR) is 101 cm³/mol. The van der Waals surface area contributed by atoms with Gasteiger partial charge in [-0.1, -0.05) is 0 Å². The fourth-order valence-electron chi connectivity index (χ4n) is 3.35. The summed E-state index contributed by atoms with van der Waals surface area (Å²) in [4.78, 5) is 25.6. The molecule has 1 aliphatic rings. The number of hydrogen-bond acceptors (Lipinski definition) is 6. The first-order valence-corrected chi connectivity index (χ1v) is 9.15. The molecule has 3 heterocycles. The molecule has 140 valence electrons. The molecule has 0 aromatic carbocycles. The molecule has 0 spiro atoms. The molecule has 0 bridgehead atoms. The lowest BCUT2D eigenvalue weighted by molar-refractivity contribution is 0.0949. The number of aromatic nitrogens is 2. The largest absolute Gasteiger partial charge is 0.466 e. The summed E-state index contributed by atoms with van der Waals surface area (Å²) in [6.07, 6.45) is 4.49. The standard InChI is InChI=1S/C19H27N5O2/c1-14-15(2)26-16(3)17(14)18(25)20-8-5-9-23-10-12-24(13-11-23)19-21-6-4-7-22-19/h4,6-7H,5,8-13H2,1-3H3,(H,20,25). The number of piperazine rings is 1. The second-order valence-electron chi connectivity index (χ2n) is 6.70. The van der Waals surface area contributed by atoms with Crippen molar-refractivity contribution in [1.82, 2.24) is 20.2 Å². The third-order valence-corrected chi connectivity index (χ3v) is 4.93. The number of nitrogens with zero attached hydrogens (tertiary/aromatic N) is 4. The highest BCUT2D eigenvalue weighted by Crippen LogP contribution is 2.20. The van der Waals surface area contributed by atoms with Crippen LogP contribution in [0.2, 0.25) is 0 Å². The first kappa shape index (κ1) is 18.4. The summed E-state index contributed by atoms with van der Waals surface area (Å²) in [5, 5.41) is 3.01. The minimum absolute atomic E-state index is 0.0390. The molecule has 7 nitrogen and oxygen atoms in total.